The van der Waals surface area contributed by atoms with Crippen LogP contribution in [0.3, 0.4) is 0 Å². The first kappa shape index (κ1) is 14.2. The lowest BCUT2D eigenvalue weighted by atomic mass is 9.76. The highest BCUT2D eigenvalue weighted by molar-refractivity contribution is 5.40. The third kappa shape index (κ3) is 2.71. The Morgan fingerprint density at radius 2 is 2.05 bits per heavy atom. The SMILES string of the molecule is CCc1cccnc1C(NN)c1ccccc1C1CCC1. The van der Waals surface area contributed by atoms with Crippen molar-refractivity contribution in [2.24, 2.45) is 5.84 Å². The van der Waals surface area contributed by atoms with Gasteiger partial charge in [0, 0.05) is 6.20 Å². The molecule has 110 valence electrons. The second kappa shape index (κ2) is 6.37. The molecule has 1 atom stereocenters. The third-order valence-electron chi connectivity index (χ3n) is 4.60. The molecule has 0 aliphatic heterocycles. The molecule has 3 heteroatoms. The van der Waals surface area contributed by atoms with Gasteiger partial charge in [-0.15, -0.1) is 0 Å². The van der Waals surface area contributed by atoms with E-state index < -0.39 is 0 Å². The number of nitrogens with two attached hydrogens (primary N) is 1. The molecule has 3 nitrogen and oxygen atoms in total. The largest absolute Gasteiger partial charge is 0.271 e. The van der Waals surface area contributed by atoms with Crippen LogP contribution < -0.4 is 11.3 Å². The Kier molecular flexibility index (Phi) is 4.32. The zero-order chi connectivity index (χ0) is 14.7. The van der Waals surface area contributed by atoms with Crippen LogP contribution in [0.25, 0.3) is 0 Å². The summed E-state index contributed by atoms with van der Waals surface area (Å²) in [5.74, 6) is 6.58. The number of hydrazine groups is 1. The number of aromatic nitrogens is 1. The summed E-state index contributed by atoms with van der Waals surface area (Å²) in [7, 11) is 0. The molecule has 1 aliphatic rings. The topological polar surface area (TPSA) is 50.9 Å². The number of nitrogens with one attached hydrogen (secondary N) is 1. The Bertz CT molecular complexity index is 605. The lowest BCUT2D eigenvalue weighted by molar-refractivity contribution is 0.414. The maximum Gasteiger partial charge on any atom is 0.0886 e. The Hall–Kier alpha value is -1.71. The van der Waals surface area contributed by atoms with E-state index in [1.54, 1.807) is 0 Å². The van der Waals surface area contributed by atoms with Gasteiger partial charge in [-0.2, -0.15) is 0 Å². The third-order valence-corrected chi connectivity index (χ3v) is 4.60. The second-order valence-electron chi connectivity index (χ2n) is 5.76. The predicted molar refractivity (Wildman–Crippen MR) is 85.8 cm³/mol. The molecule has 0 bridgehead atoms. The maximum absolute atomic E-state index is 5.90. The highest BCUT2D eigenvalue weighted by Crippen LogP contribution is 2.40. The first-order chi connectivity index (χ1) is 10.3. The number of nitrogens with zero attached hydrogens (tertiary/aromatic N) is 1. The molecule has 1 aromatic heterocycles. The van der Waals surface area contributed by atoms with Gasteiger partial charge in [0.25, 0.3) is 0 Å². The Morgan fingerprint density at radius 3 is 2.71 bits per heavy atom. The number of rotatable bonds is 5. The van der Waals surface area contributed by atoms with Crippen LogP contribution in [0.1, 0.15) is 60.5 Å². The van der Waals surface area contributed by atoms with E-state index in [1.165, 1.54) is 36.0 Å². The van der Waals surface area contributed by atoms with Crippen LogP contribution in [0.15, 0.2) is 42.6 Å². The lowest BCUT2D eigenvalue weighted by Gasteiger charge is -2.30. The Labute approximate surface area is 126 Å². The van der Waals surface area contributed by atoms with Crippen LogP contribution in [-0.2, 0) is 6.42 Å². The van der Waals surface area contributed by atoms with E-state index in [0.29, 0.717) is 5.92 Å². The molecule has 0 spiro atoms. The highest BCUT2D eigenvalue weighted by Gasteiger charge is 2.26. The monoisotopic (exact) mass is 281 g/mol. The Morgan fingerprint density at radius 1 is 1.24 bits per heavy atom. The minimum atomic E-state index is -0.0297. The summed E-state index contributed by atoms with van der Waals surface area (Å²) in [5, 5.41) is 0. The summed E-state index contributed by atoms with van der Waals surface area (Å²) in [6.45, 7) is 2.16. The van der Waals surface area contributed by atoms with E-state index in [-0.39, 0.29) is 6.04 Å². The van der Waals surface area contributed by atoms with Gasteiger partial charge in [0.2, 0.25) is 0 Å². The molecule has 1 aromatic carbocycles. The summed E-state index contributed by atoms with van der Waals surface area (Å²) in [4.78, 5) is 4.60. The summed E-state index contributed by atoms with van der Waals surface area (Å²) < 4.78 is 0. The molecule has 3 rings (SSSR count). The van der Waals surface area contributed by atoms with E-state index in [0.717, 1.165) is 12.1 Å². The van der Waals surface area contributed by atoms with Crippen LogP contribution in [0, 0.1) is 0 Å². The second-order valence-corrected chi connectivity index (χ2v) is 5.76. The maximum atomic E-state index is 5.90. The van der Waals surface area contributed by atoms with Crippen LogP contribution in [0.4, 0.5) is 0 Å². The quantitative estimate of drug-likeness (QED) is 0.652. The fourth-order valence-corrected chi connectivity index (χ4v) is 3.19. The molecule has 1 saturated carbocycles. The van der Waals surface area contributed by atoms with Crippen molar-refractivity contribution < 1.29 is 0 Å². The lowest BCUT2D eigenvalue weighted by Crippen LogP contribution is -2.31. The molecule has 21 heavy (non-hydrogen) atoms. The normalized spacial score (nSPS) is 16.5. The van der Waals surface area contributed by atoms with Crippen molar-refractivity contribution >= 4 is 0 Å². The first-order valence-electron chi connectivity index (χ1n) is 7.84. The zero-order valence-corrected chi connectivity index (χ0v) is 12.5. The number of aryl methyl sites for hydroxylation is 1. The zero-order valence-electron chi connectivity index (χ0n) is 12.5. The molecule has 3 N–H and O–H groups in total. The van der Waals surface area contributed by atoms with E-state index in [4.69, 9.17) is 5.84 Å². The van der Waals surface area contributed by atoms with Gasteiger partial charge in [0.05, 0.1) is 11.7 Å². The molecular formula is C18H23N3. The predicted octanol–water partition coefficient (Wildman–Crippen LogP) is 3.46. The average Bonchev–Trinajstić information content (AvgIpc) is 2.48. The summed E-state index contributed by atoms with van der Waals surface area (Å²) in [6.07, 6.45) is 6.73. The van der Waals surface area contributed by atoms with Crippen LogP contribution in [0.2, 0.25) is 0 Å². The fraction of sp³-hybridized carbons (Fsp3) is 0.389. The van der Waals surface area contributed by atoms with Crippen LogP contribution in [-0.4, -0.2) is 4.98 Å². The van der Waals surface area contributed by atoms with E-state index in [9.17, 15) is 0 Å². The van der Waals surface area contributed by atoms with Crippen molar-refractivity contribution in [3.8, 4) is 0 Å². The first-order valence-corrected chi connectivity index (χ1v) is 7.84. The number of hydrogen-bond donors (Lipinski definition) is 2. The van der Waals surface area contributed by atoms with Gasteiger partial charge in [-0.05, 0) is 47.9 Å². The van der Waals surface area contributed by atoms with Gasteiger partial charge in [-0.3, -0.25) is 10.8 Å². The fourth-order valence-electron chi connectivity index (χ4n) is 3.19. The molecule has 0 amide bonds. The summed E-state index contributed by atoms with van der Waals surface area (Å²) >= 11 is 0. The molecule has 1 unspecified atom stereocenters. The van der Waals surface area contributed by atoms with Crippen LogP contribution >= 0.6 is 0 Å². The van der Waals surface area contributed by atoms with E-state index in [2.05, 4.69) is 47.7 Å². The molecule has 2 aromatic rings. The molecule has 0 radical (unpaired) electrons. The molecular weight excluding hydrogens is 258 g/mol. The van der Waals surface area contributed by atoms with Crippen molar-refractivity contribution in [2.75, 3.05) is 0 Å². The molecule has 0 saturated heterocycles. The molecule has 1 aliphatic carbocycles. The minimum Gasteiger partial charge on any atom is -0.271 e. The van der Waals surface area contributed by atoms with Crippen molar-refractivity contribution in [3.05, 3.63) is 65.0 Å². The van der Waals surface area contributed by atoms with Gasteiger partial charge < -0.3 is 0 Å². The van der Waals surface area contributed by atoms with Gasteiger partial charge in [-0.25, -0.2) is 5.43 Å². The van der Waals surface area contributed by atoms with E-state index in [1.807, 2.05) is 12.3 Å². The number of benzene rings is 1. The molecule has 1 heterocycles. The summed E-state index contributed by atoms with van der Waals surface area (Å²) in [6, 6.07) is 12.8. The van der Waals surface area contributed by atoms with E-state index >= 15 is 0 Å². The van der Waals surface area contributed by atoms with Gasteiger partial charge in [-0.1, -0.05) is 43.7 Å². The van der Waals surface area contributed by atoms with Crippen LogP contribution in [0.5, 0.6) is 0 Å². The van der Waals surface area contributed by atoms with Crippen molar-refractivity contribution in [3.63, 3.8) is 0 Å². The molecule has 1 fully saturated rings. The standard InChI is InChI=1S/C18H23N3/c1-2-13-9-6-12-20-17(13)18(21-19)16-11-4-3-10-15(16)14-7-5-8-14/h3-4,6,9-12,14,18,21H,2,5,7-8,19H2,1H3. The van der Waals surface area contributed by atoms with Gasteiger partial charge >= 0.3 is 0 Å². The van der Waals surface area contributed by atoms with Gasteiger partial charge in [0.15, 0.2) is 0 Å². The minimum absolute atomic E-state index is 0.0297. The highest BCUT2D eigenvalue weighted by atomic mass is 15.2. The average molecular weight is 281 g/mol. The van der Waals surface area contributed by atoms with Gasteiger partial charge in [0.1, 0.15) is 0 Å². The van der Waals surface area contributed by atoms with Crippen molar-refractivity contribution in [1.29, 1.82) is 0 Å². The van der Waals surface area contributed by atoms with Crippen molar-refractivity contribution in [1.82, 2.24) is 10.4 Å². The Balaban J connectivity index is 2.04. The number of hydrogen-bond acceptors (Lipinski definition) is 3. The van der Waals surface area contributed by atoms with Crippen molar-refractivity contribution in [2.45, 2.75) is 44.6 Å². The summed E-state index contributed by atoms with van der Waals surface area (Å²) in [5.41, 5.74) is 8.00. The smallest absolute Gasteiger partial charge is 0.0886 e. The number of pyridine rings is 1.